The number of hydrogen-bond donors (Lipinski definition) is 0. The van der Waals surface area contributed by atoms with Crippen molar-refractivity contribution in [1.29, 1.82) is 0 Å². The Morgan fingerprint density at radius 1 is 1.09 bits per heavy atom. The zero-order chi connectivity index (χ0) is 17.1. The van der Waals surface area contributed by atoms with Crippen molar-refractivity contribution in [2.24, 2.45) is 5.92 Å². The van der Waals surface area contributed by atoms with E-state index in [1.165, 1.54) is 6.39 Å². The van der Waals surface area contributed by atoms with Crippen molar-refractivity contribution in [2.45, 2.75) is 66.1 Å². The molecule has 0 radical (unpaired) electrons. The summed E-state index contributed by atoms with van der Waals surface area (Å²) in [5.74, 6) is -1.74. The molecular formula is C16H25NO5. The van der Waals surface area contributed by atoms with Crippen LogP contribution < -0.4 is 0 Å². The van der Waals surface area contributed by atoms with Crippen molar-refractivity contribution in [1.82, 2.24) is 4.98 Å². The molecule has 0 N–H and O–H groups in total. The molecule has 0 aliphatic rings. The second-order valence-corrected chi connectivity index (χ2v) is 7.18. The molecule has 0 spiro atoms. The summed E-state index contributed by atoms with van der Waals surface area (Å²) in [6, 6.07) is 0. The smallest absolute Gasteiger partial charge is 0.321 e. The Morgan fingerprint density at radius 3 is 1.86 bits per heavy atom. The molecule has 1 aromatic heterocycles. The first-order valence-electron chi connectivity index (χ1n) is 7.24. The third-order valence-electron chi connectivity index (χ3n) is 2.62. The van der Waals surface area contributed by atoms with Gasteiger partial charge in [-0.25, -0.2) is 4.98 Å². The molecule has 0 aliphatic heterocycles. The van der Waals surface area contributed by atoms with Gasteiger partial charge in [0.25, 0.3) is 0 Å². The Hall–Kier alpha value is -1.85. The van der Waals surface area contributed by atoms with Gasteiger partial charge in [-0.3, -0.25) is 9.59 Å². The van der Waals surface area contributed by atoms with E-state index >= 15 is 0 Å². The molecule has 0 atom stereocenters. The lowest BCUT2D eigenvalue weighted by atomic mass is 10.0. The molecule has 1 rings (SSSR count). The maximum Gasteiger partial charge on any atom is 0.321 e. The third kappa shape index (κ3) is 5.87. The topological polar surface area (TPSA) is 78.6 Å². The zero-order valence-electron chi connectivity index (χ0n) is 14.4. The van der Waals surface area contributed by atoms with Crippen LogP contribution in [-0.4, -0.2) is 28.1 Å². The second-order valence-electron chi connectivity index (χ2n) is 7.18. The molecule has 0 fully saturated rings. The van der Waals surface area contributed by atoms with Crippen LogP contribution in [0.5, 0.6) is 0 Å². The number of carbonyl (C=O) groups is 2. The first kappa shape index (κ1) is 18.2. The first-order valence-corrected chi connectivity index (χ1v) is 7.24. The minimum absolute atomic E-state index is 0.0894. The number of aromatic nitrogens is 1. The van der Waals surface area contributed by atoms with Gasteiger partial charge in [0.2, 0.25) is 0 Å². The van der Waals surface area contributed by atoms with E-state index in [1.54, 1.807) is 48.5 Å². The van der Waals surface area contributed by atoms with E-state index in [9.17, 15) is 9.59 Å². The van der Waals surface area contributed by atoms with Crippen LogP contribution in [0, 0.1) is 12.8 Å². The van der Waals surface area contributed by atoms with Crippen LogP contribution in [0.2, 0.25) is 0 Å². The van der Waals surface area contributed by atoms with Crippen molar-refractivity contribution >= 4 is 11.9 Å². The molecule has 0 saturated heterocycles. The van der Waals surface area contributed by atoms with Gasteiger partial charge in [0.05, 0.1) is 5.69 Å². The van der Waals surface area contributed by atoms with Gasteiger partial charge in [-0.05, 0) is 48.5 Å². The monoisotopic (exact) mass is 311 g/mol. The molecule has 6 heteroatoms. The normalized spacial score (nSPS) is 12.4. The predicted octanol–water partition coefficient (Wildman–Crippen LogP) is 2.83. The number of nitrogens with zero attached hydrogens (tertiary/aromatic N) is 1. The number of oxazole rings is 1. The van der Waals surface area contributed by atoms with Gasteiger partial charge in [0, 0.05) is 6.42 Å². The number of aryl methyl sites for hydroxylation is 1. The lowest BCUT2D eigenvalue weighted by molar-refractivity contribution is -0.174. The van der Waals surface area contributed by atoms with Crippen molar-refractivity contribution in [3.63, 3.8) is 0 Å². The number of carbonyl (C=O) groups excluding carboxylic acids is 2. The van der Waals surface area contributed by atoms with E-state index in [4.69, 9.17) is 13.9 Å². The van der Waals surface area contributed by atoms with E-state index in [0.717, 1.165) is 0 Å². The van der Waals surface area contributed by atoms with Crippen LogP contribution in [0.25, 0.3) is 0 Å². The summed E-state index contributed by atoms with van der Waals surface area (Å²) in [4.78, 5) is 28.7. The van der Waals surface area contributed by atoms with Gasteiger partial charge >= 0.3 is 11.9 Å². The van der Waals surface area contributed by atoms with Crippen LogP contribution in [0.1, 0.15) is 53.0 Å². The second kappa shape index (κ2) is 6.50. The highest BCUT2D eigenvalue weighted by molar-refractivity contribution is 5.95. The molecule has 0 unspecified atom stereocenters. The summed E-state index contributed by atoms with van der Waals surface area (Å²) < 4.78 is 15.8. The largest absolute Gasteiger partial charge is 0.459 e. The fourth-order valence-electron chi connectivity index (χ4n) is 1.73. The van der Waals surface area contributed by atoms with Crippen LogP contribution in [-0.2, 0) is 25.5 Å². The molecule has 0 aromatic carbocycles. The van der Waals surface area contributed by atoms with Gasteiger partial charge in [-0.2, -0.15) is 0 Å². The molecule has 6 nitrogen and oxygen atoms in total. The van der Waals surface area contributed by atoms with Crippen molar-refractivity contribution in [3.8, 4) is 0 Å². The summed E-state index contributed by atoms with van der Waals surface area (Å²) in [5, 5.41) is 0. The van der Waals surface area contributed by atoms with Crippen molar-refractivity contribution in [3.05, 3.63) is 17.8 Å². The van der Waals surface area contributed by atoms with Gasteiger partial charge in [0.15, 0.2) is 12.3 Å². The average molecular weight is 311 g/mol. The van der Waals surface area contributed by atoms with Crippen LogP contribution in [0.3, 0.4) is 0 Å². The van der Waals surface area contributed by atoms with Crippen LogP contribution in [0.4, 0.5) is 0 Å². The molecule has 0 amide bonds. The minimum atomic E-state index is -1.07. The highest BCUT2D eigenvalue weighted by Crippen LogP contribution is 2.20. The highest BCUT2D eigenvalue weighted by atomic mass is 16.6. The van der Waals surface area contributed by atoms with E-state index in [1.807, 2.05) is 0 Å². The Morgan fingerprint density at radius 2 is 1.55 bits per heavy atom. The fourth-order valence-corrected chi connectivity index (χ4v) is 1.73. The Kier molecular flexibility index (Phi) is 5.38. The summed E-state index contributed by atoms with van der Waals surface area (Å²) >= 11 is 0. The fraction of sp³-hybridized carbons (Fsp3) is 0.688. The molecule has 0 aliphatic carbocycles. The summed E-state index contributed by atoms with van der Waals surface area (Å²) in [6.45, 7) is 12.2. The summed E-state index contributed by atoms with van der Waals surface area (Å²) in [5.41, 5.74) is -0.825. The van der Waals surface area contributed by atoms with Crippen LogP contribution >= 0.6 is 0 Å². The number of ether oxygens (including phenoxy) is 2. The molecule has 1 heterocycles. The Labute approximate surface area is 131 Å². The predicted molar refractivity (Wildman–Crippen MR) is 80.1 cm³/mol. The Bertz CT molecular complexity index is 505. The molecular weight excluding hydrogens is 286 g/mol. The van der Waals surface area contributed by atoms with Crippen LogP contribution in [0.15, 0.2) is 10.8 Å². The minimum Gasteiger partial charge on any atom is -0.459 e. The molecule has 0 saturated carbocycles. The maximum atomic E-state index is 12.3. The van der Waals surface area contributed by atoms with Crippen molar-refractivity contribution in [2.75, 3.05) is 0 Å². The summed E-state index contributed by atoms with van der Waals surface area (Å²) in [7, 11) is 0. The summed E-state index contributed by atoms with van der Waals surface area (Å²) in [6.07, 6.45) is 1.37. The third-order valence-corrected chi connectivity index (χ3v) is 2.62. The number of esters is 2. The first-order chi connectivity index (χ1) is 9.89. The van der Waals surface area contributed by atoms with Gasteiger partial charge in [0.1, 0.15) is 17.0 Å². The lowest BCUT2D eigenvalue weighted by Gasteiger charge is -2.26. The van der Waals surface area contributed by atoms with E-state index < -0.39 is 29.1 Å². The molecule has 0 bridgehead atoms. The standard InChI is InChI=1S/C16H25NO5/c1-10-12(17-9-20-10)8-11(13(18)21-15(2,3)4)14(19)22-16(5,6)7/h9,11H,8H2,1-7H3. The lowest BCUT2D eigenvalue weighted by Crippen LogP contribution is -2.38. The van der Waals surface area contributed by atoms with Crippen molar-refractivity contribution < 1.29 is 23.5 Å². The molecule has 124 valence electrons. The number of rotatable bonds is 4. The highest BCUT2D eigenvalue weighted by Gasteiger charge is 2.36. The average Bonchev–Trinajstić information content (AvgIpc) is 2.66. The van der Waals surface area contributed by atoms with E-state index in [-0.39, 0.29) is 6.42 Å². The number of hydrogen-bond acceptors (Lipinski definition) is 6. The van der Waals surface area contributed by atoms with Gasteiger partial charge < -0.3 is 13.9 Å². The zero-order valence-corrected chi connectivity index (χ0v) is 14.4. The molecule has 1 aromatic rings. The quantitative estimate of drug-likeness (QED) is 0.628. The van der Waals surface area contributed by atoms with E-state index in [2.05, 4.69) is 4.98 Å². The van der Waals surface area contributed by atoms with Gasteiger partial charge in [-0.15, -0.1) is 0 Å². The SMILES string of the molecule is Cc1ocnc1CC(C(=O)OC(C)(C)C)C(=O)OC(C)(C)C. The van der Waals surface area contributed by atoms with E-state index in [0.29, 0.717) is 11.5 Å². The van der Waals surface area contributed by atoms with Gasteiger partial charge in [-0.1, -0.05) is 0 Å². The Balaban J connectivity index is 2.97. The molecule has 22 heavy (non-hydrogen) atoms. The maximum absolute atomic E-state index is 12.3.